The highest BCUT2D eigenvalue weighted by Crippen LogP contribution is 2.01. The molecule has 2 atom stereocenters. The molecule has 0 aliphatic carbocycles. The molecule has 1 aromatic heterocycles. The normalized spacial score (nSPS) is 19.2. The molecule has 9 nitrogen and oxygen atoms in total. The lowest BCUT2D eigenvalue weighted by Gasteiger charge is -2.16. The van der Waals surface area contributed by atoms with Crippen molar-refractivity contribution < 1.29 is 19.5 Å². The molecule has 0 saturated carbocycles. The molecule has 2 heterocycles. The number of hydrogen-bond acceptors (Lipinski definition) is 4. The summed E-state index contributed by atoms with van der Waals surface area (Å²) in [7, 11) is 0. The molecule has 0 spiro atoms. The Morgan fingerprint density at radius 2 is 2.35 bits per heavy atom. The number of aliphatic carboxylic acids is 1. The van der Waals surface area contributed by atoms with Gasteiger partial charge in [-0.2, -0.15) is 0 Å². The third kappa shape index (κ3) is 3.70. The monoisotopic (exact) mass is 281 g/mol. The Hall–Kier alpha value is -2.58. The van der Waals surface area contributed by atoms with Gasteiger partial charge in [-0.1, -0.05) is 0 Å². The summed E-state index contributed by atoms with van der Waals surface area (Å²) in [6.07, 6.45) is 3.23. The second-order valence-electron chi connectivity index (χ2n) is 4.49. The van der Waals surface area contributed by atoms with Crippen LogP contribution in [0.25, 0.3) is 0 Å². The second kappa shape index (κ2) is 6.04. The predicted octanol–water partition coefficient (Wildman–Crippen LogP) is -1.41. The zero-order valence-electron chi connectivity index (χ0n) is 10.5. The lowest BCUT2D eigenvalue weighted by molar-refractivity contribution is -0.139. The van der Waals surface area contributed by atoms with Crippen LogP contribution in [0.3, 0.4) is 0 Å². The number of rotatable bonds is 5. The molecule has 1 aromatic rings. The molecule has 20 heavy (non-hydrogen) atoms. The van der Waals surface area contributed by atoms with E-state index in [2.05, 4.69) is 25.9 Å². The zero-order chi connectivity index (χ0) is 14.5. The van der Waals surface area contributed by atoms with Crippen LogP contribution in [0.1, 0.15) is 12.1 Å². The molecule has 0 bridgehead atoms. The molecule has 0 radical (unpaired) electrons. The van der Waals surface area contributed by atoms with E-state index in [1.54, 1.807) is 0 Å². The molecule has 1 aliphatic rings. The number of carbonyl (C=O) groups excluding carboxylic acids is 2. The highest BCUT2D eigenvalue weighted by Gasteiger charge is 2.25. The van der Waals surface area contributed by atoms with Gasteiger partial charge in [-0.05, 0) is 0 Å². The van der Waals surface area contributed by atoms with Crippen molar-refractivity contribution in [3.63, 3.8) is 0 Å². The van der Waals surface area contributed by atoms with Gasteiger partial charge >= 0.3 is 12.0 Å². The van der Waals surface area contributed by atoms with Crippen molar-refractivity contribution in [3.8, 4) is 0 Å². The lowest BCUT2D eigenvalue weighted by Crippen LogP contribution is -2.50. The van der Waals surface area contributed by atoms with E-state index in [-0.39, 0.29) is 24.8 Å². The number of nitrogens with one attached hydrogen (secondary N) is 4. The Labute approximate surface area is 114 Å². The maximum Gasteiger partial charge on any atom is 0.326 e. The summed E-state index contributed by atoms with van der Waals surface area (Å²) in [5, 5.41) is 16.6. The van der Waals surface area contributed by atoms with Crippen molar-refractivity contribution in [1.29, 1.82) is 0 Å². The fourth-order valence-corrected chi connectivity index (χ4v) is 1.91. The average molecular weight is 281 g/mol. The Morgan fingerprint density at radius 3 is 2.90 bits per heavy atom. The van der Waals surface area contributed by atoms with E-state index >= 15 is 0 Å². The van der Waals surface area contributed by atoms with Crippen molar-refractivity contribution in [2.24, 2.45) is 0 Å². The molecule has 2 rings (SSSR count). The van der Waals surface area contributed by atoms with Crippen molar-refractivity contribution in [3.05, 3.63) is 18.2 Å². The molecule has 1 saturated heterocycles. The van der Waals surface area contributed by atoms with E-state index in [1.807, 2.05) is 0 Å². The summed E-state index contributed by atoms with van der Waals surface area (Å²) in [5.41, 5.74) is 0.607. The molecule has 0 aromatic carbocycles. The third-order valence-electron chi connectivity index (χ3n) is 2.89. The van der Waals surface area contributed by atoms with E-state index < -0.39 is 18.0 Å². The van der Waals surface area contributed by atoms with Gasteiger partial charge in [-0.15, -0.1) is 0 Å². The summed E-state index contributed by atoms with van der Waals surface area (Å²) >= 11 is 0. The fraction of sp³-hybridized carbons (Fsp3) is 0.455. The first kappa shape index (κ1) is 13.8. The van der Waals surface area contributed by atoms with Crippen LogP contribution in [0.15, 0.2) is 12.5 Å². The Morgan fingerprint density at radius 1 is 1.55 bits per heavy atom. The van der Waals surface area contributed by atoms with Crippen molar-refractivity contribution >= 4 is 17.9 Å². The number of carbonyl (C=O) groups is 3. The van der Waals surface area contributed by atoms with Crippen molar-refractivity contribution in [2.45, 2.75) is 24.9 Å². The Balaban J connectivity index is 1.86. The fourth-order valence-electron chi connectivity index (χ4n) is 1.91. The van der Waals surface area contributed by atoms with Crippen LogP contribution in [0.5, 0.6) is 0 Å². The number of amides is 3. The minimum Gasteiger partial charge on any atom is -0.480 e. The van der Waals surface area contributed by atoms with Crippen molar-refractivity contribution in [1.82, 2.24) is 25.9 Å². The van der Waals surface area contributed by atoms with Crippen LogP contribution in [-0.2, 0) is 16.0 Å². The Bertz CT molecular complexity index is 501. The topological polar surface area (TPSA) is 136 Å². The summed E-state index contributed by atoms with van der Waals surface area (Å²) in [6.45, 7) is 0.352. The number of imidazole rings is 1. The molecule has 5 N–H and O–H groups in total. The maximum atomic E-state index is 11.7. The number of H-pyrrole nitrogens is 1. The number of nitrogens with zero attached hydrogens (tertiary/aromatic N) is 1. The van der Waals surface area contributed by atoms with E-state index in [1.165, 1.54) is 12.5 Å². The molecular formula is C11H15N5O4. The number of hydrogen-bond donors (Lipinski definition) is 5. The SMILES string of the molecule is O=C1CC(NC(=O)N[C@@H](Cc2cnc[nH]2)C(=O)O)CN1. The molecule has 1 unspecified atom stereocenters. The minimum absolute atomic E-state index is 0.102. The van der Waals surface area contributed by atoms with Gasteiger partial charge in [0.25, 0.3) is 0 Å². The second-order valence-corrected chi connectivity index (χ2v) is 4.49. The number of urea groups is 1. The molecule has 9 heteroatoms. The van der Waals surface area contributed by atoms with Gasteiger partial charge in [0, 0.05) is 31.3 Å². The predicted molar refractivity (Wildman–Crippen MR) is 66.8 cm³/mol. The Kier molecular flexibility index (Phi) is 4.18. The smallest absolute Gasteiger partial charge is 0.326 e. The summed E-state index contributed by atoms with van der Waals surface area (Å²) in [4.78, 5) is 40.4. The van der Waals surface area contributed by atoms with Crippen LogP contribution >= 0.6 is 0 Å². The van der Waals surface area contributed by atoms with Crippen LogP contribution < -0.4 is 16.0 Å². The molecule has 3 amide bonds. The highest BCUT2D eigenvalue weighted by molar-refractivity contribution is 5.84. The van der Waals surface area contributed by atoms with Crippen LogP contribution in [0.4, 0.5) is 4.79 Å². The first-order valence-corrected chi connectivity index (χ1v) is 6.08. The molecule has 1 fully saturated rings. The van der Waals surface area contributed by atoms with Gasteiger partial charge in [0.1, 0.15) is 6.04 Å². The van der Waals surface area contributed by atoms with Gasteiger partial charge in [0.2, 0.25) is 5.91 Å². The molecular weight excluding hydrogens is 266 g/mol. The highest BCUT2D eigenvalue weighted by atomic mass is 16.4. The van der Waals surface area contributed by atoms with Gasteiger partial charge < -0.3 is 26.0 Å². The van der Waals surface area contributed by atoms with Crippen LogP contribution in [0, 0.1) is 0 Å². The van der Waals surface area contributed by atoms with Gasteiger partial charge in [0.05, 0.1) is 12.4 Å². The number of aromatic amines is 1. The van der Waals surface area contributed by atoms with Gasteiger partial charge in [-0.3, -0.25) is 4.79 Å². The quantitative estimate of drug-likeness (QED) is 0.452. The van der Waals surface area contributed by atoms with Crippen LogP contribution in [0.2, 0.25) is 0 Å². The van der Waals surface area contributed by atoms with E-state index in [9.17, 15) is 14.4 Å². The van der Waals surface area contributed by atoms with E-state index in [4.69, 9.17) is 5.11 Å². The maximum absolute atomic E-state index is 11.7. The number of aromatic nitrogens is 2. The van der Waals surface area contributed by atoms with Crippen molar-refractivity contribution in [2.75, 3.05) is 6.54 Å². The van der Waals surface area contributed by atoms with Gasteiger partial charge in [-0.25, -0.2) is 14.6 Å². The first-order chi connectivity index (χ1) is 9.54. The number of carboxylic acids is 1. The van der Waals surface area contributed by atoms with E-state index in [0.717, 1.165) is 0 Å². The van der Waals surface area contributed by atoms with E-state index in [0.29, 0.717) is 12.2 Å². The largest absolute Gasteiger partial charge is 0.480 e. The van der Waals surface area contributed by atoms with Gasteiger partial charge in [0.15, 0.2) is 0 Å². The summed E-state index contributed by atoms with van der Waals surface area (Å²) in [6, 6.07) is -2.00. The molecule has 1 aliphatic heterocycles. The standard InChI is InChI=1S/C11H15N5O4/c17-9-2-7(4-13-9)15-11(20)16-8(10(18)19)1-6-3-12-5-14-6/h3,5,7-8H,1-2,4H2,(H,12,14)(H,13,17)(H,18,19)(H2,15,16,20)/t7?,8-/m0/s1. The van der Waals surface area contributed by atoms with Crippen LogP contribution in [-0.4, -0.2) is 51.6 Å². The molecule has 108 valence electrons. The lowest BCUT2D eigenvalue weighted by atomic mass is 10.1. The third-order valence-corrected chi connectivity index (χ3v) is 2.89. The average Bonchev–Trinajstić information content (AvgIpc) is 3.00. The zero-order valence-corrected chi connectivity index (χ0v) is 10.5. The first-order valence-electron chi connectivity index (χ1n) is 6.08. The minimum atomic E-state index is -1.14. The summed E-state index contributed by atoms with van der Waals surface area (Å²) in [5.74, 6) is -1.28. The summed E-state index contributed by atoms with van der Waals surface area (Å²) < 4.78 is 0. The number of carboxylic acid groups (broad SMARTS) is 1.